The monoisotopic (exact) mass is 315 g/mol. The number of hydrogen-bond donors (Lipinski definition) is 1. The summed E-state index contributed by atoms with van der Waals surface area (Å²) in [6.45, 7) is 0. The Bertz CT molecular complexity index is 422. The summed E-state index contributed by atoms with van der Waals surface area (Å²) in [7, 11) is 0. The van der Waals surface area contributed by atoms with Gasteiger partial charge in [-0.3, -0.25) is 0 Å². The molecule has 0 fully saturated rings. The maximum absolute atomic E-state index is 12.5. The molecule has 0 aliphatic rings. The molecule has 1 atom stereocenters. The van der Waals surface area contributed by atoms with Crippen LogP contribution in [0.3, 0.4) is 0 Å². The van der Waals surface area contributed by atoms with Crippen LogP contribution >= 0.6 is 27.5 Å². The van der Waals surface area contributed by atoms with Gasteiger partial charge in [0.2, 0.25) is 0 Å². The molecule has 0 aliphatic carbocycles. The molecule has 1 aromatic rings. The van der Waals surface area contributed by atoms with E-state index in [4.69, 9.17) is 17.3 Å². The molecule has 1 aromatic carbocycles. The Hall–Kier alpha value is -0.750. The van der Waals surface area contributed by atoms with Crippen molar-refractivity contribution < 1.29 is 18.0 Å². The Kier molecular flexibility index (Phi) is 3.85. The summed E-state index contributed by atoms with van der Waals surface area (Å²) in [6, 6.07) is 2.02. The van der Waals surface area contributed by atoms with E-state index in [0.717, 1.165) is 6.07 Å². The molecule has 0 bridgehead atoms. The average Bonchev–Trinajstić information content (AvgIpc) is 2.18. The lowest BCUT2D eigenvalue weighted by atomic mass is 10.1. The van der Waals surface area contributed by atoms with Crippen molar-refractivity contribution in [1.82, 2.24) is 0 Å². The number of carbonyl (C=O) groups is 1. The van der Waals surface area contributed by atoms with Gasteiger partial charge in [-0.05, 0) is 17.7 Å². The van der Waals surface area contributed by atoms with Crippen molar-refractivity contribution in [3.63, 3.8) is 0 Å². The predicted molar refractivity (Wildman–Crippen MR) is 58.6 cm³/mol. The van der Waals surface area contributed by atoms with Crippen LogP contribution in [0.1, 0.15) is 16.0 Å². The molecule has 0 radical (unpaired) electrons. The smallest absolute Gasteiger partial charge is 0.397 e. The fourth-order valence-electron chi connectivity index (χ4n) is 1.11. The third-order valence-electron chi connectivity index (χ3n) is 1.90. The molecule has 0 amide bonds. The molecule has 2 nitrogen and oxygen atoms in total. The highest BCUT2D eigenvalue weighted by molar-refractivity contribution is 9.09. The van der Waals surface area contributed by atoms with Crippen molar-refractivity contribution in [1.29, 1.82) is 0 Å². The lowest BCUT2D eigenvalue weighted by Gasteiger charge is -2.14. The molecule has 0 spiro atoms. The quantitative estimate of drug-likeness (QED) is 0.515. The van der Waals surface area contributed by atoms with Gasteiger partial charge in [0.25, 0.3) is 0 Å². The van der Waals surface area contributed by atoms with Gasteiger partial charge in [0.15, 0.2) is 0 Å². The molecule has 0 aromatic heterocycles. The van der Waals surface area contributed by atoms with E-state index < -0.39 is 22.3 Å². The van der Waals surface area contributed by atoms with Crippen molar-refractivity contribution in [2.45, 2.75) is 11.0 Å². The maximum atomic E-state index is 12.5. The highest BCUT2D eigenvalue weighted by Gasteiger charge is 2.34. The Labute approximate surface area is 103 Å². The summed E-state index contributed by atoms with van der Waals surface area (Å²) >= 11 is 8.47. The summed E-state index contributed by atoms with van der Waals surface area (Å²) in [6.07, 6.45) is -4.14. The predicted octanol–water partition coefficient (Wildman–Crippen LogP) is 3.58. The molecular weight excluding hydrogens is 310 g/mol. The van der Waals surface area contributed by atoms with Crippen LogP contribution in [-0.2, 0) is 11.0 Å². The number of rotatable bonds is 2. The van der Waals surface area contributed by atoms with E-state index in [9.17, 15) is 18.0 Å². The average molecular weight is 317 g/mol. The minimum Gasteiger partial charge on any atom is -0.397 e. The van der Waals surface area contributed by atoms with E-state index in [0.29, 0.717) is 6.29 Å². The summed E-state index contributed by atoms with van der Waals surface area (Å²) in [5.41, 5.74) is 3.76. The summed E-state index contributed by atoms with van der Waals surface area (Å²) in [5.74, 6) is 0. The van der Waals surface area contributed by atoms with Gasteiger partial charge < -0.3 is 10.5 Å². The molecule has 2 N–H and O–H groups in total. The lowest BCUT2D eigenvalue weighted by molar-refractivity contribution is -0.137. The van der Waals surface area contributed by atoms with Gasteiger partial charge in [0, 0.05) is 0 Å². The van der Waals surface area contributed by atoms with Crippen LogP contribution in [0.15, 0.2) is 12.1 Å². The van der Waals surface area contributed by atoms with Gasteiger partial charge >= 0.3 is 6.18 Å². The van der Waals surface area contributed by atoms with Crippen LogP contribution in [0.25, 0.3) is 0 Å². The van der Waals surface area contributed by atoms with Crippen LogP contribution in [0, 0.1) is 0 Å². The van der Waals surface area contributed by atoms with Gasteiger partial charge in [0.05, 0.1) is 21.1 Å². The molecule has 88 valence electrons. The third-order valence-corrected chi connectivity index (χ3v) is 2.95. The number of carbonyl (C=O) groups excluding carboxylic acids is 1. The van der Waals surface area contributed by atoms with Crippen molar-refractivity contribution >= 4 is 39.5 Å². The highest BCUT2D eigenvalue weighted by Crippen LogP contribution is 2.39. The first-order valence-electron chi connectivity index (χ1n) is 4.03. The molecule has 7 heteroatoms. The van der Waals surface area contributed by atoms with Gasteiger partial charge in [-0.15, -0.1) is 0 Å². The number of hydrogen-bond acceptors (Lipinski definition) is 2. The zero-order chi connectivity index (χ0) is 12.5. The molecule has 16 heavy (non-hydrogen) atoms. The van der Waals surface area contributed by atoms with Crippen LogP contribution in [0.4, 0.5) is 18.9 Å². The topological polar surface area (TPSA) is 43.1 Å². The molecule has 1 unspecified atom stereocenters. The van der Waals surface area contributed by atoms with Gasteiger partial charge in [-0.25, -0.2) is 0 Å². The van der Waals surface area contributed by atoms with Gasteiger partial charge in [-0.2, -0.15) is 13.2 Å². The second-order valence-corrected chi connectivity index (χ2v) is 4.39. The molecule has 0 saturated heterocycles. The van der Waals surface area contributed by atoms with Crippen LogP contribution in [0.5, 0.6) is 0 Å². The van der Waals surface area contributed by atoms with Crippen LogP contribution in [-0.4, -0.2) is 6.29 Å². The molecule has 0 aliphatic heterocycles. The van der Waals surface area contributed by atoms with Crippen molar-refractivity contribution in [2.75, 3.05) is 5.73 Å². The van der Waals surface area contributed by atoms with Crippen LogP contribution in [0.2, 0.25) is 5.02 Å². The Morgan fingerprint density at radius 2 is 2.00 bits per heavy atom. The van der Waals surface area contributed by atoms with Crippen LogP contribution < -0.4 is 5.73 Å². The standard InChI is InChI=1S/C9H6BrClF3NO/c10-6(3-16)4-1-5(9(12,13)14)8(15)7(11)2-4/h1-3,6H,15H2. The zero-order valence-corrected chi connectivity index (χ0v) is 10.0. The minimum atomic E-state index is -4.60. The number of benzene rings is 1. The largest absolute Gasteiger partial charge is 0.418 e. The lowest BCUT2D eigenvalue weighted by Crippen LogP contribution is -2.10. The highest BCUT2D eigenvalue weighted by atomic mass is 79.9. The van der Waals surface area contributed by atoms with Gasteiger partial charge in [-0.1, -0.05) is 27.5 Å². The number of nitrogens with two attached hydrogens (primary N) is 1. The minimum absolute atomic E-state index is 0.113. The molecule has 1 rings (SSSR count). The SMILES string of the molecule is Nc1c(Cl)cc(C(Br)C=O)cc1C(F)(F)F. The summed E-state index contributed by atoms with van der Waals surface area (Å²) < 4.78 is 37.6. The van der Waals surface area contributed by atoms with E-state index in [1.807, 2.05) is 0 Å². The number of nitrogen functional groups attached to an aromatic ring is 1. The Morgan fingerprint density at radius 1 is 1.44 bits per heavy atom. The van der Waals surface area contributed by atoms with Crippen molar-refractivity contribution in [3.8, 4) is 0 Å². The fraction of sp³-hybridized carbons (Fsp3) is 0.222. The first kappa shape index (κ1) is 13.3. The first-order valence-corrected chi connectivity index (χ1v) is 5.32. The van der Waals surface area contributed by atoms with Crippen molar-refractivity contribution in [3.05, 3.63) is 28.3 Å². The zero-order valence-electron chi connectivity index (χ0n) is 7.68. The van der Waals surface area contributed by atoms with E-state index in [1.165, 1.54) is 6.07 Å². The number of aldehydes is 1. The third kappa shape index (κ3) is 2.68. The van der Waals surface area contributed by atoms with E-state index in [2.05, 4.69) is 15.9 Å². The molecular formula is C9H6BrClF3NO. The van der Waals surface area contributed by atoms with E-state index >= 15 is 0 Å². The summed E-state index contributed by atoms with van der Waals surface area (Å²) in [4.78, 5) is 9.62. The fourth-order valence-corrected chi connectivity index (χ4v) is 1.60. The molecule has 0 saturated carbocycles. The van der Waals surface area contributed by atoms with E-state index in [1.54, 1.807) is 0 Å². The van der Waals surface area contributed by atoms with Crippen molar-refractivity contribution in [2.24, 2.45) is 0 Å². The number of halogens is 5. The second kappa shape index (κ2) is 4.63. The second-order valence-electron chi connectivity index (χ2n) is 3.00. The first-order chi connectivity index (χ1) is 7.27. The maximum Gasteiger partial charge on any atom is 0.418 e. The number of alkyl halides is 4. The normalized spacial score (nSPS) is 13.6. The Balaban J connectivity index is 3.39. The Morgan fingerprint density at radius 3 is 2.44 bits per heavy atom. The van der Waals surface area contributed by atoms with Gasteiger partial charge in [0.1, 0.15) is 6.29 Å². The number of anilines is 1. The van der Waals surface area contributed by atoms with E-state index in [-0.39, 0.29) is 10.6 Å². The summed E-state index contributed by atoms with van der Waals surface area (Å²) in [5, 5.41) is -0.226. The molecule has 0 heterocycles.